The first-order valence-electron chi connectivity index (χ1n) is 11.9. The maximum Gasteiger partial charge on any atom is 0.265 e. The molecule has 4 rings (SSSR count). The Hall–Kier alpha value is -3.12. The lowest BCUT2D eigenvalue weighted by atomic mass is 9.93. The Morgan fingerprint density at radius 1 is 1.03 bits per heavy atom. The summed E-state index contributed by atoms with van der Waals surface area (Å²) < 4.78 is 5.57. The standard InChI is InChI=1S/C28H32N2O3S/c1-20-11-6-8-15-23(20)26(27(31)29-22-13-4-3-5-14-22)30(28(32)25-17-10-18-34-25)19-21-12-7-9-16-24(21)33-2/h6-12,15-18,22,26H,3-5,13-14,19H2,1-2H3,(H,29,31)/t26-/m1/s1. The van der Waals surface area contributed by atoms with Crippen molar-refractivity contribution in [3.05, 3.63) is 87.6 Å². The molecule has 0 saturated heterocycles. The molecule has 1 heterocycles. The van der Waals surface area contributed by atoms with Crippen LogP contribution >= 0.6 is 11.3 Å². The number of thiophene rings is 1. The minimum atomic E-state index is -0.748. The van der Waals surface area contributed by atoms with Crippen LogP contribution in [0.4, 0.5) is 0 Å². The van der Waals surface area contributed by atoms with Crippen molar-refractivity contribution in [2.45, 2.75) is 57.7 Å². The molecule has 0 aliphatic heterocycles. The van der Waals surface area contributed by atoms with E-state index in [0.717, 1.165) is 42.4 Å². The molecule has 0 bridgehead atoms. The minimum absolute atomic E-state index is 0.124. The molecule has 1 fully saturated rings. The Morgan fingerprint density at radius 3 is 2.47 bits per heavy atom. The summed E-state index contributed by atoms with van der Waals surface area (Å²) in [4.78, 5) is 30.0. The highest BCUT2D eigenvalue weighted by Crippen LogP contribution is 2.31. The molecule has 34 heavy (non-hydrogen) atoms. The van der Waals surface area contributed by atoms with Crippen molar-refractivity contribution in [1.29, 1.82) is 0 Å². The summed E-state index contributed by atoms with van der Waals surface area (Å²) in [6, 6.07) is 18.6. The number of methoxy groups -OCH3 is 1. The monoisotopic (exact) mass is 476 g/mol. The predicted octanol–water partition coefficient (Wildman–Crippen LogP) is 5.90. The smallest absolute Gasteiger partial charge is 0.265 e. The molecule has 5 nitrogen and oxygen atoms in total. The Labute approximate surface area is 205 Å². The van der Waals surface area contributed by atoms with Crippen LogP contribution < -0.4 is 10.1 Å². The molecule has 1 N–H and O–H groups in total. The van der Waals surface area contributed by atoms with Crippen molar-refractivity contribution in [1.82, 2.24) is 10.2 Å². The van der Waals surface area contributed by atoms with Gasteiger partial charge in [-0.25, -0.2) is 0 Å². The molecule has 2 amide bonds. The molecular formula is C28H32N2O3S. The number of nitrogens with zero attached hydrogens (tertiary/aromatic N) is 1. The van der Waals surface area contributed by atoms with Crippen molar-refractivity contribution >= 4 is 23.2 Å². The number of carbonyl (C=O) groups is 2. The summed E-state index contributed by atoms with van der Waals surface area (Å²) in [5, 5.41) is 5.17. The highest BCUT2D eigenvalue weighted by molar-refractivity contribution is 7.12. The summed E-state index contributed by atoms with van der Waals surface area (Å²) in [5.41, 5.74) is 2.69. The second-order valence-electron chi connectivity index (χ2n) is 8.82. The molecule has 0 unspecified atom stereocenters. The number of nitrogens with one attached hydrogen (secondary N) is 1. The normalized spacial score (nSPS) is 14.9. The predicted molar refractivity (Wildman–Crippen MR) is 136 cm³/mol. The molecule has 6 heteroatoms. The minimum Gasteiger partial charge on any atom is -0.496 e. The van der Waals surface area contributed by atoms with Crippen LogP contribution in [0.5, 0.6) is 5.75 Å². The summed E-state index contributed by atoms with van der Waals surface area (Å²) in [7, 11) is 1.62. The van der Waals surface area contributed by atoms with Crippen molar-refractivity contribution in [3.63, 3.8) is 0 Å². The third-order valence-electron chi connectivity index (χ3n) is 6.52. The van der Waals surface area contributed by atoms with Gasteiger partial charge in [0.2, 0.25) is 5.91 Å². The molecule has 178 valence electrons. The van der Waals surface area contributed by atoms with Gasteiger partial charge in [0.1, 0.15) is 11.8 Å². The number of aryl methyl sites for hydroxylation is 1. The number of hydrogen-bond donors (Lipinski definition) is 1. The number of para-hydroxylation sites is 1. The van der Waals surface area contributed by atoms with Crippen LogP contribution in [0.25, 0.3) is 0 Å². The van der Waals surface area contributed by atoms with E-state index in [4.69, 9.17) is 4.74 Å². The number of amides is 2. The van der Waals surface area contributed by atoms with Gasteiger partial charge < -0.3 is 15.0 Å². The maximum atomic E-state index is 13.9. The first-order chi connectivity index (χ1) is 16.6. The molecule has 0 spiro atoms. The maximum absolute atomic E-state index is 13.9. The van der Waals surface area contributed by atoms with Gasteiger partial charge in [-0.2, -0.15) is 0 Å². The lowest BCUT2D eigenvalue weighted by Crippen LogP contribution is -2.47. The average Bonchev–Trinajstić information content (AvgIpc) is 3.40. The number of benzene rings is 2. The van der Waals surface area contributed by atoms with E-state index in [0.29, 0.717) is 10.6 Å². The fourth-order valence-electron chi connectivity index (χ4n) is 4.71. The van der Waals surface area contributed by atoms with Crippen LogP contribution in [0.3, 0.4) is 0 Å². The largest absolute Gasteiger partial charge is 0.496 e. The molecule has 3 aromatic rings. The zero-order valence-electron chi connectivity index (χ0n) is 19.8. The lowest BCUT2D eigenvalue weighted by Gasteiger charge is -2.34. The van der Waals surface area contributed by atoms with Crippen LogP contribution in [0.2, 0.25) is 0 Å². The molecule has 2 aromatic carbocycles. The molecule has 1 atom stereocenters. The van der Waals surface area contributed by atoms with Gasteiger partial charge in [-0.05, 0) is 48.4 Å². The van der Waals surface area contributed by atoms with Gasteiger partial charge in [-0.1, -0.05) is 67.8 Å². The first-order valence-corrected chi connectivity index (χ1v) is 12.8. The van der Waals surface area contributed by atoms with E-state index in [9.17, 15) is 9.59 Å². The topological polar surface area (TPSA) is 58.6 Å². The van der Waals surface area contributed by atoms with Crippen molar-refractivity contribution in [2.75, 3.05) is 7.11 Å². The van der Waals surface area contributed by atoms with Gasteiger partial charge in [0, 0.05) is 11.6 Å². The summed E-state index contributed by atoms with van der Waals surface area (Å²) >= 11 is 1.39. The molecule has 1 aromatic heterocycles. The van der Waals surface area contributed by atoms with Gasteiger partial charge in [0.25, 0.3) is 5.91 Å². The highest BCUT2D eigenvalue weighted by Gasteiger charge is 2.35. The molecule has 1 aliphatic rings. The fourth-order valence-corrected chi connectivity index (χ4v) is 5.39. The van der Waals surface area contributed by atoms with E-state index in [1.54, 1.807) is 12.0 Å². The second-order valence-corrected chi connectivity index (χ2v) is 9.77. The fraction of sp³-hybridized carbons (Fsp3) is 0.357. The van der Waals surface area contributed by atoms with Crippen LogP contribution in [0.1, 0.15) is 64.5 Å². The van der Waals surface area contributed by atoms with Crippen LogP contribution in [-0.4, -0.2) is 29.9 Å². The summed E-state index contributed by atoms with van der Waals surface area (Å²) in [5.74, 6) is 0.414. The third-order valence-corrected chi connectivity index (χ3v) is 7.38. The Morgan fingerprint density at radius 2 is 1.76 bits per heavy atom. The Kier molecular flexibility index (Phi) is 8.01. The van der Waals surface area contributed by atoms with E-state index < -0.39 is 6.04 Å². The average molecular weight is 477 g/mol. The Balaban J connectivity index is 1.77. The van der Waals surface area contributed by atoms with Gasteiger partial charge in [0.15, 0.2) is 0 Å². The highest BCUT2D eigenvalue weighted by atomic mass is 32.1. The first kappa shape index (κ1) is 24.0. The lowest BCUT2D eigenvalue weighted by molar-refractivity contribution is -0.127. The number of hydrogen-bond acceptors (Lipinski definition) is 4. The van der Waals surface area contributed by atoms with Gasteiger partial charge in [0.05, 0.1) is 18.5 Å². The summed E-state index contributed by atoms with van der Waals surface area (Å²) in [6.45, 7) is 2.25. The van der Waals surface area contributed by atoms with E-state index in [2.05, 4.69) is 5.32 Å². The molecule has 1 saturated carbocycles. The molecular weight excluding hydrogens is 444 g/mol. The third kappa shape index (κ3) is 5.50. The van der Waals surface area contributed by atoms with Crippen LogP contribution in [0.15, 0.2) is 66.0 Å². The Bertz CT molecular complexity index is 1110. The zero-order chi connectivity index (χ0) is 23.9. The number of rotatable bonds is 8. The van der Waals surface area contributed by atoms with Crippen molar-refractivity contribution < 1.29 is 14.3 Å². The van der Waals surface area contributed by atoms with E-state index in [-0.39, 0.29) is 24.4 Å². The van der Waals surface area contributed by atoms with Gasteiger partial charge >= 0.3 is 0 Å². The molecule has 0 radical (unpaired) electrons. The quantitative estimate of drug-likeness (QED) is 0.440. The van der Waals surface area contributed by atoms with E-state index >= 15 is 0 Å². The number of carbonyl (C=O) groups excluding carboxylic acids is 2. The van der Waals surface area contributed by atoms with Gasteiger partial charge in [-0.15, -0.1) is 11.3 Å². The van der Waals surface area contributed by atoms with E-state index in [1.807, 2.05) is 73.0 Å². The van der Waals surface area contributed by atoms with Crippen LogP contribution in [-0.2, 0) is 11.3 Å². The SMILES string of the molecule is COc1ccccc1CN(C(=O)c1cccs1)[C@@H](C(=O)NC1CCCCC1)c1ccccc1C. The van der Waals surface area contributed by atoms with Gasteiger partial charge in [-0.3, -0.25) is 9.59 Å². The second kappa shape index (κ2) is 11.3. The van der Waals surface area contributed by atoms with Crippen molar-refractivity contribution in [2.24, 2.45) is 0 Å². The number of ether oxygens (including phenoxy) is 1. The van der Waals surface area contributed by atoms with Crippen molar-refractivity contribution in [3.8, 4) is 5.75 Å². The summed E-state index contributed by atoms with van der Waals surface area (Å²) in [6.07, 6.45) is 5.43. The van der Waals surface area contributed by atoms with Crippen LogP contribution in [0, 0.1) is 6.92 Å². The molecule has 1 aliphatic carbocycles. The zero-order valence-corrected chi connectivity index (χ0v) is 20.6. The van der Waals surface area contributed by atoms with E-state index in [1.165, 1.54) is 17.8 Å².